The maximum atomic E-state index is 13.3. The van der Waals surface area contributed by atoms with Gasteiger partial charge in [-0.05, 0) is 66.0 Å². The van der Waals surface area contributed by atoms with Gasteiger partial charge < -0.3 is 24.0 Å². The number of nitrogens with zero attached hydrogens (tertiary/aromatic N) is 4. The number of hydrogen-bond donors (Lipinski definition) is 0. The Bertz CT molecular complexity index is 1520. The van der Waals surface area contributed by atoms with Crippen LogP contribution in [-0.4, -0.2) is 93.1 Å². The van der Waals surface area contributed by atoms with Crippen LogP contribution >= 0.6 is 11.6 Å². The summed E-state index contributed by atoms with van der Waals surface area (Å²) in [5, 5.41) is 2.36. The molecule has 0 saturated carbocycles. The Hall–Kier alpha value is -2.60. The normalized spacial score (nSPS) is 18.7. The maximum absolute atomic E-state index is 13.3. The summed E-state index contributed by atoms with van der Waals surface area (Å²) in [5.41, 5.74) is 0.703. The average Bonchev–Trinajstić information content (AvgIpc) is 3.48. The number of halogens is 1. The second-order valence-corrected chi connectivity index (χ2v) is 20.4. The molecule has 2 aromatic rings. The van der Waals surface area contributed by atoms with Crippen molar-refractivity contribution in [3.8, 4) is 0 Å². The van der Waals surface area contributed by atoms with Crippen LogP contribution < -0.4 is 0 Å². The maximum Gasteiger partial charge on any atom is 0.273 e. The number of carbonyl (C=O) groups is 2. The smallest absolute Gasteiger partial charge is 0.273 e. The van der Waals surface area contributed by atoms with E-state index in [1.807, 2.05) is 11.1 Å². The molecule has 0 aromatic heterocycles. The predicted octanol–water partition coefficient (Wildman–Crippen LogP) is 4.84. The molecule has 0 unspecified atom stereocenters. The molecule has 0 bridgehead atoms. The van der Waals surface area contributed by atoms with E-state index in [0.29, 0.717) is 56.7 Å². The van der Waals surface area contributed by atoms with Gasteiger partial charge in [-0.1, -0.05) is 44.5 Å². The lowest BCUT2D eigenvalue weighted by Gasteiger charge is -2.38. The third kappa shape index (κ3) is 6.34. The first-order valence-electron chi connectivity index (χ1n) is 14.5. The molecule has 0 spiro atoms. The van der Waals surface area contributed by atoms with Gasteiger partial charge >= 0.3 is 0 Å². The molecule has 42 heavy (non-hydrogen) atoms. The lowest BCUT2D eigenvalue weighted by Crippen LogP contribution is -2.48. The fourth-order valence-electron chi connectivity index (χ4n) is 5.43. The van der Waals surface area contributed by atoms with Crippen LogP contribution in [-0.2, 0) is 23.9 Å². The highest BCUT2D eigenvalue weighted by molar-refractivity contribution is 7.91. The van der Waals surface area contributed by atoms with Crippen molar-refractivity contribution in [1.29, 1.82) is 0 Å². The molecule has 228 valence electrons. The zero-order valence-electron chi connectivity index (χ0n) is 25.1. The van der Waals surface area contributed by atoms with Crippen LogP contribution in [0.3, 0.4) is 0 Å². The lowest BCUT2D eigenvalue weighted by molar-refractivity contribution is -0.133. The molecule has 2 fully saturated rings. The van der Waals surface area contributed by atoms with E-state index in [-0.39, 0.29) is 40.0 Å². The van der Waals surface area contributed by atoms with Crippen molar-refractivity contribution in [3.63, 3.8) is 0 Å². The Labute approximate surface area is 255 Å². The first-order chi connectivity index (χ1) is 19.6. The van der Waals surface area contributed by atoms with Crippen LogP contribution in [0, 0.1) is 0 Å². The van der Waals surface area contributed by atoms with E-state index in [0.717, 1.165) is 10.8 Å². The van der Waals surface area contributed by atoms with Gasteiger partial charge in [0.25, 0.3) is 5.91 Å². The van der Waals surface area contributed by atoms with Crippen LogP contribution in [0.15, 0.2) is 53.2 Å². The fourth-order valence-corrected chi connectivity index (χ4v) is 7.79. The third-order valence-electron chi connectivity index (χ3n) is 9.17. The van der Waals surface area contributed by atoms with Gasteiger partial charge in [-0.15, -0.1) is 0 Å². The molecular formula is C30H41ClN4O5SSi. The molecule has 0 aliphatic carbocycles. The van der Waals surface area contributed by atoms with Crippen molar-refractivity contribution in [2.24, 2.45) is 0 Å². The summed E-state index contributed by atoms with van der Waals surface area (Å²) >= 11 is 6.03. The standard InChI is InChI=1S/C30H41ClN4O5SSi/c1-30(2,3)42(4,5)40-21-32-18-27-29(37)35(20-34(27)19-32)25-10-13-33(14-11-25)28(36)12-15-41(38,39)26-9-7-22-16-24(31)8-6-23(22)17-26/h6-9,16-18,25H,10-15,19-21H2,1-5H3. The molecule has 2 aromatic carbocycles. The molecule has 0 atom stereocenters. The molecule has 3 aliphatic heterocycles. The van der Waals surface area contributed by atoms with Crippen molar-refractivity contribution in [1.82, 2.24) is 19.6 Å². The Kier molecular flexibility index (Phi) is 8.43. The van der Waals surface area contributed by atoms with E-state index < -0.39 is 18.2 Å². The highest BCUT2D eigenvalue weighted by Crippen LogP contribution is 2.37. The molecule has 2 amide bonds. The Morgan fingerprint density at radius 1 is 1.05 bits per heavy atom. The Morgan fingerprint density at radius 3 is 2.38 bits per heavy atom. The van der Waals surface area contributed by atoms with Gasteiger partial charge in [0.1, 0.15) is 12.4 Å². The van der Waals surface area contributed by atoms with Gasteiger partial charge in [-0.25, -0.2) is 8.42 Å². The van der Waals surface area contributed by atoms with Crippen molar-refractivity contribution in [3.05, 3.63) is 53.3 Å². The number of likely N-dealkylation sites (tertiary alicyclic amines) is 1. The summed E-state index contributed by atoms with van der Waals surface area (Å²) in [6.45, 7) is 13.8. The number of rotatable bonds is 8. The molecule has 3 heterocycles. The Morgan fingerprint density at radius 2 is 1.71 bits per heavy atom. The molecule has 0 radical (unpaired) electrons. The highest BCUT2D eigenvalue weighted by Gasteiger charge is 2.43. The van der Waals surface area contributed by atoms with Crippen LogP contribution in [0.4, 0.5) is 0 Å². The molecule has 0 N–H and O–H groups in total. The number of hydrogen-bond acceptors (Lipinski definition) is 7. The van der Waals surface area contributed by atoms with Crippen LogP contribution in [0.25, 0.3) is 10.8 Å². The van der Waals surface area contributed by atoms with E-state index in [9.17, 15) is 18.0 Å². The van der Waals surface area contributed by atoms with Crippen molar-refractivity contribution < 1.29 is 22.4 Å². The minimum atomic E-state index is -3.62. The molecule has 2 saturated heterocycles. The molecule has 5 rings (SSSR count). The summed E-state index contributed by atoms with van der Waals surface area (Å²) in [6.07, 6.45) is 3.20. The van der Waals surface area contributed by atoms with E-state index in [1.165, 1.54) is 0 Å². The first-order valence-corrected chi connectivity index (χ1v) is 19.4. The number of sulfone groups is 1. The average molecular weight is 633 g/mol. The number of carbonyl (C=O) groups excluding carboxylic acids is 2. The van der Waals surface area contributed by atoms with Crippen LogP contribution in [0.5, 0.6) is 0 Å². The van der Waals surface area contributed by atoms with Crippen molar-refractivity contribution >= 4 is 52.3 Å². The third-order valence-corrected chi connectivity index (χ3v) is 15.6. The number of fused-ring (bicyclic) bond motifs is 2. The fraction of sp³-hybridized carbons (Fsp3) is 0.533. The van der Waals surface area contributed by atoms with Crippen LogP contribution in [0.2, 0.25) is 23.2 Å². The lowest BCUT2D eigenvalue weighted by atomic mass is 10.0. The quantitative estimate of drug-likeness (QED) is 0.385. The first kappa shape index (κ1) is 30.8. The molecule has 12 heteroatoms. The zero-order valence-corrected chi connectivity index (χ0v) is 27.7. The summed E-state index contributed by atoms with van der Waals surface area (Å²) in [4.78, 5) is 34.2. The van der Waals surface area contributed by atoms with E-state index in [4.69, 9.17) is 16.0 Å². The monoisotopic (exact) mass is 632 g/mol. The minimum Gasteiger partial charge on any atom is -0.400 e. The zero-order chi connectivity index (χ0) is 30.4. The number of amides is 2. The highest BCUT2D eigenvalue weighted by atomic mass is 35.5. The van der Waals surface area contributed by atoms with Gasteiger partial charge in [-0.2, -0.15) is 0 Å². The van der Waals surface area contributed by atoms with Crippen molar-refractivity contribution in [2.45, 2.75) is 69.1 Å². The summed E-state index contributed by atoms with van der Waals surface area (Å²) in [6, 6.07) is 10.3. The largest absolute Gasteiger partial charge is 0.400 e. The molecular weight excluding hydrogens is 592 g/mol. The second-order valence-electron chi connectivity index (χ2n) is 13.1. The summed E-state index contributed by atoms with van der Waals surface area (Å²) in [7, 11) is -5.50. The molecule has 9 nitrogen and oxygen atoms in total. The van der Waals surface area contributed by atoms with E-state index >= 15 is 0 Å². The van der Waals surface area contributed by atoms with E-state index in [1.54, 1.807) is 41.3 Å². The number of piperidine rings is 1. The van der Waals surface area contributed by atoms with Crippen molar-refractivity contribution in [2.75, 3.05) is 38.9 Å². The van der Waals surface area contributed by atoms with Gasteiger partial charge in [0.05, 0.1) is 24.0 Å². The predicted molar refractivity (Wildman–Crippen MR) is 167 cm³/mol. The van der Waals surface area contributed by atoms with Gasteiger partial charge in [0.15, 0.2) is 18.2 Å². The topological polar surface area (TPSA) is 90.5 Å². The number of benzene rings is 2. The second kappa shape index (κ2) is 11.5. The summed E-state index contributed by atoms with van der Waals surface area (Å²) in [5.74, 6) is -0.384. The van der Waals surface area contributed by atoms with Gasteiger partial charge in [0, 0.05) is 36.8 Å². The minimum absolute atomic E-state index is 0.0263. The SMILES string of the molecule is CC(C)(C)[Si](C)(C)OCN1C=C2C(=O)N(C3CCN(C(=O)CCS(=O)(=O)c4ccc5cc(Cl)ccc5c4)CC3)CN2C1. The molecule has 3 aliphatic rings. The Balaban J connectivity index is 1.10. The van der Waals surface area contributed by atoms with Crippen LogP contribution in [0.1, 0.15) is 40.0 Å². The van der Waals surface area contributed by atoms with Gasteiger partial charge in [-0.3, -0.25) is 9.59 Å². The van der Waals surface area contributed by atoms with E-state index in [2.05, 4.69) is 43.7 Å². The summed E-state index contributed by atoms with van der Waals surface area (Å²) < 4.78 is 32.3. The van der Waals surface area contributed by atoms with Gasteiger partial charge in [0.2, 0.25) is 5.91 Å².